The molecular weight excluding hydrogens is 749 g/mol. The monoisotopic (exact) mass is 802 g/mol. The van der Waals surface area contributed by atoms with Crippen molar-refractivity contribution in [3.8, 4) is 22.6 Å². The minimum Gasteiger partial charge on any atom is -0.491 e. The van der Waals surface area contributed by atoms with Crippen molar-refractivity contribution in [3.63, 3.8) is 0 Å². The third kappa shape index (κ3) is 14.4. The normalized spacial score (nSPS) is 15.9. The number of methoxy groups -OCH3 is 1. The first-order valence-corrected chi connectivity index (χ1v) is 19.2. The molecule has 5 N–H and O–H groups in total. The number of rotatable bonds is 13. The summed E-state index contributed by atoms with van der Waals surface area (Å²) < 4.78 is 30.9. The number of benzene rings is 2. The number of ether oxygens (including phenoxy) is 5. The Bertz CT molecular complexity index is 1730. The zero-order valence-electron chi connectivity index (χ0n) is 33.4. The summed E-state index contributed by atoms with van der Waals surface area (Å²) in [5.74, 6) is -1.75. The molecule has 5 amide bonds. The highest BCUT2D eigenvalue weighted by Crippen LogP contribution is 2.40. The van der Waals surface area contributed by atoms with Crippen LogP contribution in [-0.2, 0) is 39.8 Å². The summed E-state index contributed by atoms with van der Waals surface area (Å²) in [5.41, 5.74) is 0.486. The third-order valence-corrected chi connectivity index (χ3v) is 8.22. The van der Waals surface area contributed by atoms with Crippen molar-refractivity contribution in [1.82, 2.24) is 30.9 Å². The van der Waals surface area contributed by atoms with E-state index in [4.69, 9.17) is 23.7 Å². The first kappa shape index (κ1) is 45.2. The summed E-state index contributed by atoms with van der Waals surface area (Å²) in [6.07, 6.45) is 0.536. The number of likely N-dealkylation sites (N-methyl/N-ethyl adjacent to an activating group) is 1. The fraction of sp³-hybridized carbons (Fsp3) is 0.526. The number of amides is 5. The number of hydrogen-bond donors (Lipinski definition) is 5. The molecule has 1 heterocycles. The SMILES string of the molecule is COC(=O)C1Cc2ccc(OCCNC(=O)OC(C)(C)C)c(c2)-c2cc(ccc2OCCNC(=O)OC(C)(C)C)C(N(C)C(=O)CNSC)C(=O)NCC(=O)N1. The molecule has 0 spiro atoms. The van der Waals surface area contributed by atoms with Crippen LogP contribution in [0.15, 0.2) is 36.4 Å². The fourth-order valence-electron chi connectivity index (χ4n) is 5.39. The highest BCUT2D eigenvalue weighted by molar-refractivity contribution is 7.96. The van der Waals surface area contributed by atoms with Crippen molar-refractivity contribution in [1.29, 1.82) is 0 Å². The van der Waals surface area contributed by atoms with Gasteiger partial charge in [-0.3, -0.25) is 19.1 Å². The van der Waals surface area contributed by atoms with Crippen LogP contribution in [0.5, 0.6) is 11.5 Å². The van der Waals surface area contributed by atoms with Gasteiger partial charge in [0.1, 0.15) is 48.0 Å². The van der Waals surface area contributed by atoms with Gasteiger partial charge in [0.15, 0.2) is 0 Å². The largest absolute Gasteiger partial charge is 0.491 e. The number of nitrogens with one attached hydrogen (secondary N) is 5. The molecule has 18 heteroatoms. The Morgan fingerprint density at radius 3 is 1.95 bits per heavy atom. The molecule has 0 fully saturated rings. The zero-order valence-corrected chi connectivity index (χ0v) is 34.2. The molecule has 1 aliphatic rings. The Kier molecular flexibility index (Phi) is 16.6. The van der Waals surface area contributed by atoms with E-state index in [1.807, 2.05) is 0 Å². The van der Waals surface area contributed by atoms with Gasteiger partial charge in [-0.05, 0) is 83.2 Å². The summed E-state index contributed by atoms with van der Waals surface area (Å²) in [6, 6.07) is 7.75. The van der Waals surface area contributed by atoms with E-state index in [0.717, 1.165) is 0 Å². The van der Waals surface area contributed by atoms with E-state index in [-0.39, 0.29) is 39.3 Å². The molecule has 56 heavy (non-hydrogen) atoms. The first-order chi connectivity index (χ1) is 26.3. The zero-order chi connectivity index (χ0) is 41.6. The second-order valence-electron chi connectivity index (χ2n) is 14.6. The molecule has 2 aromatic rings. The number of nitrogens with zero attached hydrogens (tertiary/aromatic N) is 1. The predicted molar refractivity (Wildman–Crippen MR) is 209 cm³/mol. The van der Waals surface area contributed by atoms with Crippen LogP contribution in [0.25, 0.3) is 11.1 Å². The van der Waals surface area contributed by atoms with Crippen LogP contribution in [0.3, 0.4) is 0 Å². The number of hydrogen-bond acceptors (Lipinski definition) is 13. The van der Waals surface area contributed by atoms with Crippen molar-refractivity contribution in [2.45, 2.75) is 71.2 Å². The molecule has 2 unspecified atom stereocenters. The van der Waals surface area contributed by atoms with Crippen LogP contribution >= 0.6 is 11.9 Å². The number of esters is 1. The van der Waals surface area contributed by atoms with Gasteiger partial charge in [0.25, 0.3) is 0 Å². The van der Waals surface area contributed by atoms with Crippen LogP contribution in [0, 0.1) is 0 Å². The highest BCUT2D eigenvalue weighted by atomic mass is 32.2. The predicted octanol–water partition coefficient (Wildman–Crippen LogP) is 2.86. The maximum absolute atomic E-state index is 13.9. The van der Waals surface area contributed by atoms with Crippen LogP contribution < -0.4 is 35.5 Å². The Balaban J connectivity index is 2.16. The van der Waals surface area contributed by atoms with Gasteiger partial charge in [-0.1, -0.05) is 24.1 Å². The Morgan fingerprint density at radius 1 is 0.857 bits per heavy atom. The molecule has 0 aromatic heterocycles. The molecule has 0 radical (unpaired) electrons. The number of alkyl carbamates (subject to hydrolysis) is 2. The maximum atomic E-state index is 13.9. The average molecular weight is 803 g/mol. The summed E-state index contributed by atoms with van der Waals surface area (Å²) in [4.78, 5) is 79.0. The maximum Gasteiger partial charge on any atom is 0.407 e. The lowest BCUT2D eigenvalue weighted by atomic mass is 9.94. The summed E-state index contributed by atoms with van der Waals surface area (Å²) >= 11 is 1.24. The number of carbonyl (C=O) groups excluding carboxylic acids is 6. The van der Waals surface area contributed by atoms with Crippen molar-refractivity contribution in [2.24, 2.45) is 0 Å². The summed E-state index contributed by atoms with van der Waals surface area (Å²) in [7, 11) is 2.68. The lowest BCUT2D eigenvalue weighted by molar-refractivity contribution is -0.145. The molecule has 0 aliphatic carbocycles. The van der Waals surface area contributed by atoms with Crippen molar-refractivity contribution >= 4 is 47.8 Å². The van der Waals surface area contributed by atoms with E-state index in [1.165, 1.54) is 31.0 Å². The van der Waals surface area contributed by atoms with Crippen molar-refractivity contribution in [2.75, 3.05) is 59.8 Å². The highest BCUT2D eigenvalue weighted by Gasteiger charge is 2.31. The van der Waals surface area contributed by atoms with E-state index in [0.29, 0.717) is 33.8 Å². The summed E-state index contributed by atoms with van der Waals surface area (Å²) in [6.45, 7) is 10.1. The van der Waals surface area contributed by atoms with E-state index < -0.39 is 65.7 Å². The Hall–Kier alpha value is -5.23. The molecule has 2 atom stereocenters. The van der Waals surface area contributed by atoms with Gasteiger partial charge < -0.3 is 49.9 Å². The number of fused-ring (bicyclic) bond motifs is 5. The van der Waals surface area contributed by atoms with Gasteiger partial charge in [-0.2, -0.15) is 0 Å². The van der Waals surface area contributed by atoms with E-state index in [2.05, 4.69) is 26.0 Å². The quantitative estimate of drug-likeness (QED) is 0.0855. The molecular formula is C38H54N6O11S. The van der Waals surface area contributed by atoms with Crippen LogP contribution in [0.2, 0.25) is 0 Å². The standard InChI is InChI=1S/C38H54N6O11S/c1-37(2,3)54-35(49)39-14-16-52-28-12-10-23-18-25(28)26-20-24(11-13-29(26)53-17-15-40-36(50)55-38(4,5)6)32(44(7)31(46)22-42-56-9)33(47)41-21-30(45)43-27(19-23)34(48)51-8/h10-13,18,20,27,32,42H,14-17,19,21-22H2,1-9H3,(H,39,49)(H,40,50)(H,41,47)(H,43,45). The van der Waals surface area contributed by atoms with E-state index in [1.54, 1.807) is 84.2 Å². The van der Waals surface area contributed by atoms with Crippen LogP contribution in [-0.4, -0.2) is 118 Å². The first-order valence-electron chi connectivity index (χ1n) is 17.9. The summed E-state index contributed by atoms with van der Waals surface area (Å²) in [5, 5.41) is 10.5. The van der Waals surface area contributed by atoms with E-state index >= 15 is 0 Å². The molecule has 3 rings (SSSR count). The number of carbonyl (C=O) groups is 6. The van der Waals surface area contributed by atoms with Crippen LogP contribution in [0.4, 0.5) is 9.59 Å². The second-order valence-corrected chi connectivity index (χ2v) is 15.3. The Labute approximate surface area is 331 Å². The third-order valence-electron chi connectivity index (χ3n) is 7.79. The molecule has 17 nitrogen and oxygen atoms in total. The van der Waals surface area contributed by atoms with Gasteiger partial charge in [-0.25, -0.2) is 14.4 Å². The Morgan fingerprint density at radius 2 is 1.41 bits per heavy atom. The topological polar surface area (TPSA) is 212 Å². The van der Waals surface area contributed by atoms with Gasteiger partial charge >= 0.3 is 18.2 Å². The van der Waals surface area contributed by atoms with Crippen molar-refractivity contribution in [3.05, 3.63) is 47.5 Å². The fourth-order valence-corrected chi connectivity index (χ4v) is 5.65. The van der Waals surface area contributed by atoms with Gasteiger partial charge in [-0.15, -0.1) is 0 Å². The molecule has 0 saturated carbocycles. The van der Waals surface area contributed by atoms with Crippen LogP contribution in [0.1, 0.15) is 58.7 Å². The van der Waals surface area contributed by atoms with Gasteiger partial charge in [0.2, 0.25) is 17.7 Å². The minimum atomic E-state index is -1.22. The minimum absolute atomic E-state index is 0.0117. The molecule has 2 aromatic carbocycles. The van der Waals surface area contributed by atoms with Crippen molar-refractivity contribution < 1.29 is 52.5 Å². The van der Waals surface area contributed by atoms with E-state index in [9.17, 15) is 28.8 Å². The van der Waals surface area contributed by atoms with Gasteiger partial charge in [0, 0.05) is 24.6 Å². The molecule has 308 valence electrons. The lowest BCUT2D eigenvalue weighted by Crippen LogP contribution is -2.49. The second kappa shape index (κ2) is 20.6. The average Bonchev–Trinajstić information content (AvgIpc) is 3.11. The molecule has 0 saturated heterocycles. The molecule has 1 aliphatic heterocycles. The smallest absolute Gasteiger partial charge is 0.407 e. The van der Waals surface area contributed by atoms with Gasteiger partial charge in [0.05, 0.1) is 33.3 Å². The molecule has 4 bridgehead atoms. The lowest BCUT2D eigenvalue weighted by Gasteiger charge is -2.29.